The van der Waals surface area contributed by atoms with Crippen LogP contribution in [-0.4, -0.2) is 52.9 Å². The van der Waals surface area contributed by atoms with Crippen LogP contribution < -0.4 is 5.73 Å². The van der Waals surface area contributed by atoms with E-state index >= 15 is 0 Å². The Kier molecular flexibility index (Phi) is 3.82. The van der Waals surface area contributed by atoms with Crippen molar-refractivity contribution in [2.24, 2.45) is 0 Å². The average Bonchev–Trinajstić information content (AvgIpc) is 2.84. The summed E-state index contributed by atoms with van der Waals surface area (Å²) >= 11 is 1.44. The number of rotatable bonds is 2. The Morgan fingerprint density at radius 2 is 2.05 bits per heavy atom. The standard InChI is InChI=1S/C15H20N4OS/c1-10(2)18-5-7-19(8-6-18)15(20)14-13(16)11-3-4-17-9-12(11)21-14/h3-4,9-10H,5-8,16H2,1-2H3. The van der Waals surface area contributed by atoms with Crippen LogP contribution in [-0.2, 0) is 0 Å². The summed E-state index contributed by atoms with van der Waals surface area (Å²) in [6.07, 6.45) is 3.48. The number of hydrogen-bond donors (Lipinski definition) is 1. The number of piperazine rings is 1. The van der Waals surface area contributed by atoms with Crippen LogP contribution in [0.3, 0.4) is 0 Å². The average molecular weight is 304 g/mol. The van der Waals surface area contributed by atoms with E-state index in [0.717, 1.165) is 36.3 Å². The molecule has 0 bridgehead atoms. The molecule has 1 amide bonds. The molecule has 1 saturated heterocycles. The quantitative estimate of drug-likeness (QED) is 0.922. The number of hydrogen-bond acceptors (Lipinski definition) is 5. The van der Waals surface area contributed by atoms with Gasteiger partial charge in [-0.05, 0) is 19.9 Å². The molecular formula is C15H20N4OS. The van der Waals surface area contributed by atoms with Crippen molar-refractivity contribution < 1.29 is 4.79 Å². The van der Waals surface area contributed by atoms with Gasteiger partial charge in [0.25, 0.3) is 5.91 Å². The predicted octanol–water partition coefficient (Wildman–Crippen LogP) is 2.04. The molecule has 0 unspecified atom stereocenters. The molecule has 1 aliphatic rings. The number of aromatic nitrogens is 1. The van der Waals surface area contributed by atoms with Crippen LogP contribution in [0, 0.1) is 0 Å². The number of nitrogen functional groups attached to an aromatic ring is 1. The molecule has 0 aliphatic carbocycles. The maximum atomic E-state index is 12.7. The van der Waals surface area contributed by atoms with Gasteiger partial charge in [0, 0.05) is 50.0 Å². The fourth-order valence-corrected chi connectivity index (χ4v) is 3.77. The lowest BCUT2D eigenvalue weighted by Crippen LogP contribution is -2.50. The number of anilines is 1. The zero-order valence-corrected chi connectivity index (χ0v) is 13.2. The normalized spacial score (nSPS) is 16.8. The highest BCUT2D eigenvalue weighted by atomic mass is 32.1. The summed E-state index contributed by atoms with van der Waals surface area (Å²) in [5.74, 6) is 0.0529. The van der Waals surface area contributed by atoms with Gasteiger partial charge in [0.2, 0.25) is 0 Å². The maximum absolute atomic E-state index is 12.7. The monoisotopic (exact) mass is 304 g/mol. The molecule has 5 nitrogen and oxygen atoms in total. The molecule has 1 aliphatic heterocycles. The zero-order chi connectivity index (χ0) is 15.0. The first-order valence-corrected chi connectivity index (χ1v) is 8.05. The SMILES string of the molecule is CC(C)N1CCN(C(=O)c2sc3cnccc3c2N)CC1. The smallest absolute Gasteiger partial charge is 0.266 e. The van der Waals surface area contributed by atoms with Crippen molar-refractivity contribution in [2.45, 2.75) is 19.9 Å². The molecule has 2 aromatic rings. The third-order valence-electron chi connectivity index (χ3n) is 4.06. The van der Waals surface area contributed by atoms with Gasteiger partial charge in [-0.2, -0.15) is 0 Å². The van der Waals surface area contributed by atoms with Crippen molar-refractivity contribution >= 4 is 33.0 Å². The summed E-state index contributed by atoms with van der Waals surface area (Å²) in [7, 11) is 0. The number of nitrogens with zero attached hydrogens (tertiary/aromatic N) is 3. The first-order valence-electron chi connectivity index (χ1n) is 7.23. The number of fused-ring (bicyclic) bond motifs is 1. The summed E-state index contributed by atoms with van der Waals surface area (Å²) < 4.78 is 0.971. The van der Waals surface area contributed by atoms with Gasteiger partial charge in [0.05, 0.1) is 10.4 Å². The molecule has 2 aromatic heterocycles. The molecule has 0 aromatic carbocycles. The number of carbonyl (C=O) groups is 1. The zero-order valence-electron chi connectivity index (χ0n) is 12.4. The minimum absolute atomic E-state index is 0.0529. The van der Waals surface area contributed by atoms with Crippen LogP contribution in [0.5, 0.6) is 0 Å². The van der Waals surface area contributed by atoms with Crippen molar-refractivity contribution in [3.63, 3.8) is 0 Å². The van der Waals surface area contributed by atoms with Gasteiger partial charge in [0.1, 0.15) is 4.88 Å². The first-order chi connectivity index (χ1) is 10.1. The van der Waals surface area contributed by atoms with Gasteiger partial charge in [-0.3, -0.25) is 14.7 Å². The lowest BCUT2D eigenvalue weighted by Gasteiger charge is -2.36. The lowest BCUT2D eigenvalue weighted by molar-refractivity contribution is 0.0601. The van der Waals surface area contributed by atoms with Crippen LogP contribution in [0.15, 0.2) is 18.5 Å². The Hall–Kier alpha value is -1.66. The van der Waals surface area contributed by atoms with E-state index < -0.39 is 0 Å². The van der Waals surface area contributed by atoms with Gasteiger partial charge in [-0.15, -0.1) is 11.3 Å². The van der Waals surface area contributed by atoms with Crippen LogP contribution in [0.25, 0.3) is 10.1 Å². The Labute approximate surface area is 128 Å². The van der Waals surface area contributed by atoms with E-state index in [1.807, 2.05) is 11.0 Å². The van der Waals surface area contributed by atoms with Crippen LogP contribution >= 0.6 is 11.3 Å². The maximum Gasteiger partial charge on any atom is 0.266 e. The van der Waals surface area contributed by atoms with Crippen LogP contribution in [0.2, 0.25) is 0 Å². The largest absolute Gasteiger partial charge is 0.397 e. The summed E-state index contributed by atoms with van der Waals surface area (Å²) in [6.45, 7) is 7.76. The summed E-state index contributed by atoms with van der Waals surface area (Å²) in [6, 6.07) is 2.40. The van der Waals surface area contributed by atoms with E-state index in [4.69, 9.17) is 5.73 Å². The van der Waals surface area contributed by atoms with Gasteiger partial charge < -0.3 is 10.6 Å². The third kappa shape index (κ3) is 2.61. The molecule has 0 radical (unpaired) electrons. The van der Waals surface area contributed by atoms with E-state index in [-0.39, 0.29) is 5.91 Å². The Bertz CT molecular complexity index is 659. The highest BCUT2D eigenvalue weighted by molar-refractivity contribution is 7.21. The Morgan fingerprint density at radius 1 is 1.33 bits per heavy atom. The molecule has 3 heterocycles. The molecule has 0 spiro atoms. The first kappa shape index (κ1) is 14.3. The molecule has 6 heteroatoms. The van der Waals surface area contributed by atoms with Gasteiger partial charge in [0.15, 0.2) is 0 Å². The molecule has 21 heavy (non-hydrogen) atoms. The van der Waals surface area contributed by atoms with E-state index in [1.165, 1.54) is 11.3 Å². The van der Waals surface area contributed by atoms with Gasteiger partial charge >= 0.3 is 0 Å². The second kappa shape index (κ2) is 5.61. The number of thiophene rings is 1. The highest BCUT2D eigenvalue weighted by Crippen LogP contribution is 2.33. The van der Waals surface area contributed by atoms with Crippen LogP contribution in [0.1, 0.15) is 23.5 Å². The Balaban J connectivity index is 1.80. The molecule has 1 fully saturated rings. The van der Waals surface area contributed by atoms with E-state index in [0.29, 0.717) is 16.6 Å². The van der Waals surface area contributed by atoms with E-state index in [2.05, 4.69) is 23.7 Å². The molecule has 0 saturated carbocycles. The minimum atomic E-state index is 0.0529. The highest BCUT2D eigenvalue weighted by Gasteiger charge is 2.26. The second-order valence-electron chi connectivity index (χ2n) is 5.64. The van der Waals surface area contributed by atoms with E-state index in [1.54, 1.807) is 12.4 Å². The molecule has 0 atom stereocenters. The predicted molar refractivity (Wildman–Crippen MR) is 86.6 cm³/mol. The summed E-state index contributed by atoms with van der Waals surface area (Å²) in [5, 5.41) is 0.930. The number of carbonyl (C=O) groups excluding carboxylic acids is 1. The summed E-state index contributed by atoms with van der Waals surface area (Å²) in [4.78, 5) is 21.7. The topological polar surface area (TPSA) is 62.5 Å². The number of amides is 1. The third-order valence-corrected chi connectivity index (χ3v) is 5.20. The van der Waals surface area contributed by atoms with Crippen molar-refractivity contribution in [1.82, 2.24) is 14.8 Å². The van der Waals surface area contributed by atoms with Crippen molar-refractivity contribution in [1.29, 1.82) is 0 Å². The summed E-state index contributed by atoms with van der Waals surface area (Å²) in [5.41, 5.74) is 6.74. The van der Waals surface area contributed by atoms with Crippen LogP contribution in [0.4, 0.5) is 5.69 Å². The fourth-order valence-electron chi connectivity index (χ4n) is 2.71. The van der Waals surface area contributed by atoms with Crippen molar-refractivity contribution in [2.75, 3.05) is 31.9 Å². The van der Waals surface area contributed by atoms with Gasteiger partial charge in [-0.1, -0.05) is 0 Å². The van der Waals surface area contributed by atoms with Crippen molar-refractivity contribution in [3.05, 3.63) is 23.3 Å². The second-order valence-corrected chi connectivity index (χ2v) is 6.69. The molecule has 112 valence electrons. The minimum Gasteiger partial charge on any atom is -0.397 e. The molecule has 3 rings (SSSR count). The van der Waals surface area contributed by atoms with Gasteiger partial charge in [-0.25, -0.2) is 0 Å². The molecule has 2 N–H and O–H groups in total. The Morgan fingerprint density at radius 3 is 2.67 bits per heavy atom. The van der Waals surface area contributed by atoms with Crippen molar-refractivity contribution in [3.8, 4) is 0 Å². The fraction of sp³-hybridized carbons (Fsp3) is 0.467. The number of nitrogens with two attached hydrogens (primary N) is 1. The molecular weight excluding hydrogens is 284 g/mol. The van der Waals surface area contributed by atoms with E-state index in [9.17, 15) is 4.79 Å². The number of pyridine rings is 1. The lowest BCUT2D eigenvalue weighted by atomic mass is 10.2.